The molecule has 1 N–H and O–H groups in total. The summed E-state index contributed by atoms with van der Waals surface area (Å²) in [5, 5.41) is 10.3. The van der Waals surface area contributed by atoms with Gasteiger partial charge in [-0.25, -0.2) is 0 Å². The highest BCUT2D eigenvalue weighted by Crippen LogP contribution is 2.31. The molecule has 1 aliphatic carbocycles. The Morgan fingerprint density at radius 3 is 2.79 bits per heavy atom. The maximum atomic E-state index is 11.1. The number of aliphatic hydroxyl groups excluding tert-OH is 1. The topological polar surface area (TPSA) is 46.5 Å². The van der Waals surface area contributed by atoms with Crippen LogP contribution in [0.25, 0.3) is 0 Å². The molecule has 2 atom stereocenters. The van der Waals surface area contributed by atoms with E-state index in [0.29, 0.717) is 12.3 Å². The first-order chi connectivity index (χ1) is 13.6. The standard InChI is InChI=1S/C25H40O3/c1-4-6-9-19-24(26)21(5-2)15-12-16-23-18-13-17-22(23)14-10-7-8-11-20-25(27)28-3/h5,12,15-17,23-24,26H,2,4,6-11,13-14,18-20H2,1,3H3/b16-12+,21-15+/t23-,24?/m0/s1. The normalized spacial score (nSPS) is 18.3. The van der Waals surface area contributed by atoms with Crippen LogP contribution in [-0.4, -0.2) is 24.3 Å². The average Bonchev–Trinajstić information content (AvgIpc) is 3.15. The molecule has 3 nitrogen and oxygen atoms in total. The van der Waals surface area contributed by atoms with Gasteiger partial charge in [-0.05, 0) is 50.0 Å². The van der Waals surface area contributed by atoms with Crippen LogP contribution in [-0.2, 0) is 9.53 Å². The fourth-order valence-electron chi connectivity index (χ4n) is 3.72. The van der Waals surface area contributed by atoms with Gasteiger partial charge in [0, 0.05) is 6.42 Å². The third-order valence-corrected chi connectivity index (χ3v) is 5.52. The van der Waals surface area contributed by atoms with E-state index in [0.717, 1.165) is 56.9 Å². The van der Waals surface area contributed by atoms with Crippen LogP contribution in [0.3, 0.4) is 0 Å². The molecule has 0 spiro atoms. The second kappa shape index (κ2) is 15.3. The molecule has 0 aromatic heterocycles. The lowest BCUT2D eigenvalue weighted by Crippen LogP contribution is -2.08. The maximum absolute atomic E-state index is 11.1. The van der Waals surface area contributed by atoms with Crippen LogP contribution in [0.4, 0.5) is 0 Å². The molecule has 0 aromatic carbocycles. The van der Waals surface area contributed by atoms with E-state index in [4.69, 9.17) is 0 Å². The van der Waals surface area contributed by atoms with E-state index in [9.17, 15) is 9.90 Å². The molecule has 0 radical (unpaired) electrons. The van der Waals surface area contributed by atoms with Gasteiger partial charge in [-0.15, -0.1) is 0 Å². The molecule has 0 bridgehead atoms. The van der Waals surface area contributed by atoms with E-state index in [2.05, 4.69) is 36.5 Å². The Morgan fingerprint density at radius 2 is 2.07 bits per heavy atom. The second-order valence-corrected chi connectivity index (χ2v) is 7.72. The van der Waals surface area contributed by atoms with Crippen molar-refractivity contribution in [1.82, 2.24) is 0 Å². The van der Waals surface area contributed by atoms with Gasteiger partial charge in [-0.2, -0.15) is 0 Å². The van der Waals surface area contributed by atoms with Crippen molar-refractivity contribution >= 4 is 5.97 Å². The Morgan fingerprint density at radius 1 is 1.29 bits per heavy atom. The van der Waals surface area contributed by atoms with Crippen LogP contribution in [0.2, 0.25) is 0 Å². The van der Waals surface area contributed by atoms with Crippen molar-refractivity contribution in [3.63, 3.8) is 0 Å². The van der Waals surface area contributed by atoms with E-state index in [1.54, 1.807) is 11.6 Å². The number of unbranched alkanes of at least 4 members (excludes halogenated alkanes) is 5. The lowest BCUT2D eigenvalue weighted by molar-refractivity contribution is -0.140. The zero-order valence-electron chi connectivity index (χ0n) is 18.0. The van der Waals surface area contributed by atoms with Crippen LogP contribution >= 0.6 is 0 Å². The van der Waals surface area contributed by atoms with Gasteiger partial charge >= 0.3 is 5.97 Å². The summed E-state index contributed by atoms with van der Waals surface area (Å²) in [7, 11) is 1.45. The predicted molar refractivity (Wildman–Crippen MR) is 118 cm³/mol. The second-order valence-electron chi connectivity index (χ2n) is 7.72. The number of hydrogen-bond donors (Lipinski definition) is 1. The van der Waals surface area contributed by atoms with Crippen molar-refractivity contribution in [1.29, 1.82) is 0 Å². The van der Waals surface area contributed by atoms with Crippen molar-refractivity contribution in [2.24, 2.45) is 5.92 Å². The monoisotopic (exact) mass is 388 g/mol. The molecule has 0 fully saturated rings. The Kier molecular flexibility index (Phi) is 13.4. The SMILES string of the molecule is C=C/C(=C\C=C\[C@H]1CCC=C1CCCCCCC(=O)OC)C(O)CCCCC. The summed E-state index contributed by atoms with van der Waals surface area (Å²) in [6.07, 6.45) is 22.7. The van der Waals surface area contributed by atoms with Crippen molar-refractivity contribution in [3.05, 3.63) is 48.1 Å². The smallest absolute Gasteiger partial charge is 0.305 e. The van der Waals surface area contributed by atoms with Crippen molar-refractivity contribution in [3.8, 4) is 0 Å². The molecule has 0 saturated carbocycles. The van der Waals surface area contributed by atoms with Crippen LogP contribution in [0, 0.1) is 5.92 Å². The van der Waals surface area contributed by atoms with E-state index < -0.39 is 6.10 Å². The number of aliphatic hydroxyl groups is 1. The molecule has 1 unspecified atom stereocenters. The zero-order chi connectivity index (χ0) is 20.6. The summed E-state index contributed by atoms with van der Waals surface area (Å²) < 4.78 is 4.67. The summed E-state index contributed by atoms with van der Waals surface area (Å²) in [6.45, 7) is 6.03. The van der Waals surface area contributed by atoms with Crippen LogP contribution < -0.4 is 0 Å². The number of esters is 1. The summed E-state index contributed by atoms with van der Waals surface area (Å²) in [6, 6.07) is 0. The molecule has 1 aliphatic rings. The number of hydrogen-bond acceptors (Lipinski definition) is 3. The summed E-state index contributed by atoms with van der Waals surface area (Å²) in [5.74, 6) is 0.417. The van der Waals surface area contributed by atoms with Gasteiger partial charge < -0.3 is 9.84 Å². The number of rotatable bonds is 15. The fraction of sp³-hybridized carbons (Fsp3) is 0.640. The summed E-state index contributed by atoms with van der Waals surface area (Å²) >= 11 is 0. The molecule has 158 valence electrons. The highest BCUT2D eigenvalue weighted by atomic mass is 16.5. The minimum Gasteiger partial charge on any atom is -0.469 e. The first kappa shape index (κ1) is 24.4. The van der Waals surface area contributed by atoms with Crippen molar-refractivity contribution in [2.45, 2.75) is 90.1 Å². The Labute approximate surface area is 172 Å². The van der Waals surface area contributed by atoms with E-state index in [1.807, 2.05) is 6.08 Å². The summed E-state index contributed by atoms with van der Waals surface area (Å²) in [4.78, 5) is 11.1. The highest BCUT2D eigenvalue weighted by Gasteiger charge is 2.15. The Hall–Kier alpha value is -1.61. The maximum Gasteiger partial charge on any atom is 0.305 e. The van der Waals surface area contributed by atoms with Crippen LogP contribution in [0.1, 0.15) is 84.0 Å². The first-order valence-electron chi connectivity index (χ1n) is 11.1. The predicted octanol–water partition coefficient (Wildman–Crippen LogP) is 6.45. The molecule has 28 heavy (non-hydrogen) atoms. The lowest BCUT2D eigenvalue weighted by atomic mass is 9.95. The van der Waals surface area contributed by atoms with E-state index in [1.165, 1.54) is 26.4 Å². The highest BCUT2D eigenvalue weighted by molar-refractivity contribution is 5.68. The molecular weight excluding hydrogens is 348 g/mol. The van der Waals surface area contributed by atoms with Gasteiger partial charge in [-0.1, -0.05) is 81.6 Å². The first-order valence-corrected chi connectivity index (χ1v) is 11.1. The molecule has 0 amide bonds. The molecule has 0 aromatic rings. The third kappa shape index (κ3) is 10.1. The van der Waals surface area contributed by atoms with Gasteiger partial charge in [0.05, 0.1) is 13.2 Å². The van der Waals surface area contributed by atoms with Gasteiger partial charge in [0.2, 0.25) is 0 Å². The van der Waals surface area contributed by atoms with Crippen molar-refractivity contribution in [2.75, 3.05) is 7.11 Å². The average molecular weight is 389 g/mol. The van der Waals surface area contributed by atoms with E-state index in [-0.39, 0.29) is 5.97 Å². The van der Waals surface area contributed by atoms with Gasteiger partial charge in [0.25, 0.3) is 0 Å². The molecule has 0 heterocycles. The summed E-state index contributed by atoms with van der Waals surface area (Å²) in [5.41, 5.74) is 2.46. The number of methoxy groups -OCH3 is 1. The quantitative estimate of drug-likeness (QED) is 0.152. The molecule has 3 heteroatoms. The number of allylic oxidation sites excluding steroid dienone is 5. The molecule has 1 rings (SSSR count). The van der Waals surface area contributed by atoms with Crippen molar-refractivity contribution < 1.29 is 14.6 Å². The molecule has 0 saturated heterocycles. The number of carbonyl (C=O) groups is 1. The number of ether oxygens (including phenoxy) is 1. The minimum atomic E-state index is -0.405. The van der Waals surface area contributed by atoms with Crippen LogP contribution in [0.15, 0.2) is 48.1 Å². The van der Waals surface area contributed by atoms with E-state index >= 15 is 0 Å². The molecule has 0 aliphatic heterocycles. The zero-order valence-corrected chi connectivity index (χ0v) is 18.0. The van der Waals surface area contributed by atoms with Gasteiger partial charge in [0.1, 0.15) is 0 Å². The fourth-order valence-corrected chi connectivity index (χ4v) is 3.72. The largest absolute Gasteiger partial charge is 0.469 e. The number of carbonyl (C=O) groups excluding carboxylic acids is 1. The third-order valence-electron chi connectivity index (χ3n) is 5.52. The van der Waals surface area contributed by atoms with Crippen LogP contribution in [0.5, 0.6) is 0 Å². The lowest BCUT2D eigenvalue weighted by Gasteiger charge is -2.12. The van der Waals surface area contributed by atoms with Gasteiger partial charge in [0.15, 0.2) is 0 Å². The Bertz CT molecular complexity index is 542. The van der Waals surface area contributed by atoms with Gasteiger partial charge in [-0.3, -0.25) is 4.79 Å². The minimum absolute atomic E-state index is 0.105. The molecular formula is C25H40O3. The Balaban J connectivity index is 2.36.